The molecule has 3 nitrogen and oxygen atoms in total. The predicted molar refractivity (Wildman–Crippen MR) is 53.8 cm³/mol. The fourth-order valence-corrected chi connectivity index (χ4v) is 2.00. The molecule has 1 aliphatic rings. The van der Waals surface area contributed by atoms with Crippen LogP contribution in [0.5, 0.6) is 0 Å². The highest BCUT2D eigenvalue weighted by atomic mass is 16.1. The van der Waals surface area contributed by atoms with Crippen molar-refractivity contribution in [2.45, 2.75) is 26.8 Å². The van der Waals surface area contributed by atoms with Crippen LogP contribution in [0.2, 0.25) is 0 Å². The lowest BCUT2D eigenvalue weighted by atomic mass is 10.2. The number of hydrogen-bond acceptors (Lipinski definition) is 3. The molecule has 1 atom stereocenters. The number of carbonyl (C=O) groups is 1. The summed E-state index contributed by atoms with van der Waals surface area (Å²) >= 11 is 0. The normalized spacial score (nSPS) is 26.2. The van der Waals surface area contributed by atoms with E-state index in [2.05, 4.69) is 23.6 Å². The third-order valence-electron chi connectivity index (χ3n) is 2.70. The maximum Gasteiger partial charge on any atom is 0.143 e. The lowest BCUT2D eigenvalue weighted by Gasteiger charge is -2.38. The van der Waals surface area contributed by atoms with Gasteiger partial charge in [-0.15, -0.1) is 0 Å². The topological polar surface area (TPSA) is 23.6 Å². The molecular formula is C10H20N2O. The second-order valence-corrected chi connectivity index (χ2v) is 3.91. The minimum Gasteiger partial charge on any atom is -0.299 e. The van der Waals surface area contributed by atoms with Gasteiger partial charge in [-0.05, 0) is 20.4 Å². The molecule has 0 bridgehead atoms. The molecule has 0 saturated carbocycles. The summed E-state index contributed by atoms with van der Waals surface area (Å²) in [5, 5.41) is 0. The highest BCUT2D eigenvalue weighted by Crippen LogP contribution is 2.08. The molecule has 0 aromatic carbocycles. The molecule has 0 aliphatic carbocycles. The van der Waals surface area contributed by atoms with Crippen molar-refractivity contribution in [1.29, 1.82) is 0 Å². The molecule has 0 radical (unpaired) electrons. The van der Waals surface area contributed by atoms with E-state index in [9.17, 15) is 4.79 Å². The molecule has 3 heteroatoms. The van der Waals surface area contributed by atoms with Gasteiger partial charge in [-0.1, -0.05) is 6.92 Å². The van der Waals surface area contributed by atoms with E-state index in [1.807, 2.05) is 0 Å². The number of hydrogen-bond donors (Lipinski definition) is 0. The Morgan fingerprint density at radius 2 is 2.15 bits per heavy atom. The Kier molecular flexibility index (Phi) is 3.88. The fourth-order valence-electron chi connectivity index (χ4n) is 2.00. The molecule has 0 N–H and O–H groups in total. The average Bonchev–Trinajstić information content (AvgIpc) is 2.03. The van der Waals surface area contributed by atoms with Crippen molar-refractivity contribution >= 4 is 5.78 Å². The van der Waals surface area contributed by atoms with Crippen LogP contribution in [-0.4, -0.2) is 54.3 Å². The molecule has 0 aromatic heterocycles. The molecule has 0 aromatic rings. The molecule has 1 fully saturated rings. The van der Waals surface area contributed by atoms with Crippen LogP contribution in [0.25, 0.3) is 0 Å². The monoisotopic (exact) mass is 184 g/mol. The number of piperazine rings is 1. The third-order valence-corrected chi connectivity index (χ3v) is 2.70. The maximum atomic E-state index is 10.9. The number of rotatable bonds is 3. The molecular weight excluding hydrogens is 164 g/mol. The van der Waals surface area contributed by atoms with E-state index in [1.54, 1.807) is 6.92 Å². The highest BCUT2D eigenvalue weighted by molar-refractivity contribution is 5.77. The molecule has 0 amide bonds. The van der Waals surface area contributed by atoms with Gasteiger partial charge < -0.3 is 0 Å². The van der Waals surface area contributed by atoms with Crippen LogP contribution >= 0.6 is 0 Å². The maximum absolute atomic E-state index is 10.9. The Bertz CT molecular complexity index is 182. The number of Topliss-reactive ketones (excluding diaryl/α,β-unsaturated/α-hetero) is 1. The molecule has 1 unspecified atom stereocenters. The number of nitrogens with zero attached hydrogens (tertiary/aromatic N) is 2. The number of carbonyl (C=O) groups excluding carboxylic acids is 1. The van der Waals surface area contributed by atoms with E-state index >= 15 is 0 Å². The first-order chi connectivity index (χ1) is 6.13. The van der Waals surface area contributed by atoms with E-state index in [4.69, 9.17) is 0 Å². The van der Waals surface area contributed by atoms with E-state index in [-0.39, 0.29) is 5.78 Å². The molecule has 13 heavy (non-hydrogen) atoms. The standard InChI is InChI=1S/C10H20N2O/c1-4-12-6-5-11(7-9(12)2)8-10(3)13/h9H,4-8H2,1-3H3. The summed E-state index contributed by atoms with van der Waals surface area (Å²) in [6, 6.07) is 0.595. The Labute approximate surface area is 80.7 Å². The minimum atomic E-state index is 0.275. The van der Waals surface area contributed by atoms with Crippen LogP contribution in [0.15, 0.2) is 0 Å². The summed E-state index contributed by atoms with van der Waals surface area (Å²) < 4.78 is 0. The zero-order valence-electron chi connectivity index (χ0n) is 8.92. The Morgan fingerprint density at radius 1 is 1.46 bits per heavy atom. The van der Waals surface area contributed by atoms with Crippen molar-refractivity contribution < 1.29 is 4.79 Å². The van der Waals surface area contributed by atoms with Gasteiger partial charge >= 0.3 is 0 Å². The van der Waals surface area contributed by atoms with Gasteiger partial charge in [-0.3, -0.25) is 14.6 Å². The second kappa shape index (κ2) is 4.72. The first-order valence-corrected chi connectivity index (χ1v) is 5.09. The summed E-state index contributed by atoms with van der Waals surface area (Å²) in [6.45, 7) is 11.0. The van der Waals surface area contributed by atoms with Crippen LogP contribution in [-0.2, 0) is 4.79 Å². The summed E-state index contributed by atoms with van der Waals surface area (Å²) in [5.74, 6) is 0.275. The molecule has 1 heterocycles. The van der Waals surface area contributed by atoms with E-state index in [0.29, 0.717) is 12.6 Å². The summed E-state index contributed by atoms with van der Waals surface area (Å²) in [4.78, 5) is 15.6. The lowest BCUT2D eigenvalue weighted by Crippen LogP contribution is -2.52. The average molecular weight is 184 g/mol. The van der Waals surface area contributed by atoms with Gasteiger partial charge in [0.1, 0.15) is 5.78 Å². The van der Waals surface area contributed by atoms with E-state index in [0.717, 1.165) is 26.2 Å². The third kappa shape index (κ3) is 3.08. The van der Waals surface area contributed by atoms with Gasteiger partial charge in [0.25, 0.3) is 0 Å². The molecule has 0 spiro atoms. The fraction of sp³-hybridized carbons (Fsp3) is 0.900. The Balaban J connectivity index is 2.36. The van der Waals surface area contributed by atoms with E-state index in [1.165, 1.54) is 0 Å². The van der Waals surface area contributed by atoms with Gasteiger partial charge in [0.2, 0.25) is 0 Å². The number of ketones is 1. The first kappa shape index (κ1) is 10.7. The second-order valence-electron chi connectivity index (χ2n) is 3.91. The number of likely N-dealkylation sites (N-methyl/N-ethyl adjacent to an activating group) is 1. The van der Waals surface area contributed by atoms with E-state index < -0.39 is 0 Å². The van der Waals surface area contributed by atoms with Crippen LogP contribution in [0.4, 0.5) is 0 Å². The predicted octanol–water partition coefficient (Wildman–Crippen LogP) is 0.601. The zero-order chi connectivity index (χ0) is 9.84. The minimum absolute atomic E-state index is 0.275. The molecule has 1 saturated heterocycles. The van der Waals surface area contributed by atoms with Crippen molar-refractivity contribution in [2.24, 2.45) is 0 Å². The Hall–Kier alpha value is -0.410. The summed E-state index contributed by atoms with van der Waals surface area (Å²) in [6.07, 6.45) is 0. The van der Waals surface area contributed by atoms with Gasteiger partial charge in [0.05, 0.1) is 6.54 Å². The van der Waals surface area contributed by atoms with Gasteiger partial charge in [0, 0.05) is 25.7 Å². The van der Waals surface area contributed by atoms with Gasteiger partial charge in [-0.2, -0.15) is 0 Å². The molecule has 1 rings (SSSR count). The lowest BCUT2D eigenvalue weighted by molar-refractivity contribution is -0.118. The highest BCUT2D eigenvalue weighted by Gasteiger charge is 2.22. The van der Waals surface area contributed by atoms with Crippen molar-refractivity contribution in [2.75, 3.05) is 32.7 Å². The largest absolute Gasteiger partial charge is 0.299 e. The zero-order valence-corrected chi connectivity index (χ0v) is 8.92. The molecule has 1 aliphatic heterocycles. The van der Waals surface area contributed by atoms with Crippen LogP contribution < -0.4 is 0 Å². The quantitative estimate of drug-likeness (QED) is 0.642. The van der Waals surface area contributed by atoms with Crippen LogP contribution in [0, 0.1) is 0 Å². The van der Waals surface area contributed by atoms with Crippen LogP contribution in [0.1, 0.15) is 20.8 Å². The van der Waals surface area contributed by atoms with Crippen molar-refractivity contribution in [3.8, 4) is 0 Å². The SMILES string of the molecule is CCN1CCN(CC(C)=O)CC1C. The van der Waals surface area contributed by atoms with Crippen molar-refractivity contribution in [3.05, 3.63) is 0 Å². The summed E-state index contributed by atoms with van der Waals surface area (Å²) in [5.41, 5.74) is 0. The van der Waals surface area contributed by atoms with Gasteiger partial charge in [0.15, 0.2) is 0 Å². The van der Waals surface area contributed by atoms with Gasteiger partial charge in [-0.25, -0.2) is 0 Å². The smallest absolute Gasteiger partial charge is 0.143 e. The van der Waals surface area contributed by atoms with Crippen LogP contribution in [0.3, 0.4) is 0 Å². The molecule has 76 valence electrons. The Morgan fingerprint density at radius 3 is 2.62 bits per heavy atom. The first-order valence-electron chi connectivity index (χ1n) is 5.09. The van der Waals surface area contributed by atoms with Crippen molar-refractivity contribution in [1.82, 2.24) is 9.80 Å². The summed E-state index contributed by atoms with van der Waals surface area (Å²) in [7, 11) is 0. The van der Waals surface area contributed by atoms with Crippen molar-refractivity contribution in [3.63, 3.8) is 0 Å².